The number of aryl methyl sites for hydroxylation is 1. The molecular weight excluding hydrogens is 579 g/mol. The first kappa shape index (κ1) is 27.5. The van der Waals surface area contributed by atoms with Crippen molar-refractivity contribution in [1.29, 1.82) is 0 Å². The molecule has 0 saturated heterocycles. The van der Waals surface area contributed by atoms with Gasteiger partial charge in [-0.1, -0.05) is 113 Å². The van der Waals surface area contributed by atoms with Crippen molar-refractivity contribution >= 4 is 77.8 Å². The Morgan fingerprint density at radius 1 is 0.667 bits per heavy atom. The molecule has 11 rings (SSSR count). The molecule has 2 unspecified atom stereocenters. The lowest BCUT2D eigenvalue weighted by Gasteiger charge is -2.52. The first-order valence-corrected chi connectivity index (χ1v) is 18.1. The number of rotatable bonds is 0. The Morgan fingerprint density at radius 3 is 2.12 bits per heavy atom. The number of fused-ring (bicyclic) bond motifs is 15. The minimum absolute atomic E-state index is 0.0113. The second-order valence-corrected chi connectivity index (χ2v) is 16.9. The summed E-state index contributed by atoms with van der Waals surface area (Å²) in [5.41, 5.74) is 16.0. The molecule has 48 heavy (non-hydrogen) atoms. The van der Waals surface area contributed by atoms with E-state index in [0.717, 1.165) is 0 Å². The van der Waals surface area contributed by atoms with Crippen molar-refractivity contribution in [1.82, 2.24) is 4.57 Å². The van der Waals surface area contributed by atoms with Gasteiger partial charge in [-0.05, 0) is 99.5 Å². The molecule has 1 saturated carbocycles. The largest absolute Gasteiger partial charge is 0.335 e. The van der Waals surface area contributed by atoms with E-state index in [1.165, 1.54) is 114 Å². The predicted molar refractivity (Wildman–Crippen MR) is 207 cm³/mol. The summed E-state index contributed by atoms with van der Waals surface area (Å²) >= 11 is 0. The Kier molecular flexibility index (Phi) is 4.89. The molecule has 3 heteroatoms. The Morgan fingerprint density at radius 2 is 1.35 bits per heavy atom. The SMILES string of the molecule is Cc1cc2c3c(c1)-n1c4c(cc(C(C)(C)C)cc4c4c5ccccc5c5ccccc5c41)B3c1cccc3c1N2C1(C)CCCCC31C. The van der Waals surface area contributed by atoms with Crippen LogP contribution in [-0.2, 0) is 10.8 Å². The molecule has 4 aliphatic rings. The fourth-order valence-corrected chi connectivity index (χ4v) is 11.0. The maximum atomic E-state index is 2.86. The molecule has 6 aromatic carbocycles. The average molecular weight is 621 g/mol. The van der Waals surface area contributed by atoms with E-state index in [4.69, 9.17) is 0 Å². The Hall–Kier alpha value is -4.50. The van der Waals surface area contributed by atoms with E-state index >= 15 is 0 Å². The molecule has 1 aliphatic carbocycles. The van der Waals surface area contributed by atoms with Gasteiger partial charge in [0.05, 0.1) is 11.1 Å². The Labute approximate surface area is 283 Å². The highest BCUT2D eigenvalue weighted by Crippen LogP contribution is 2.61. The Balaban J connectivity index is 1.41. The normalized spacial score (nSPS) is 22.1. The molecule has 3 aliphatic heterocycles. The molecule has 0 N–H and O–H groups in total. The highest BCUT2D eigenvalue weighted by molar-refractivity contribution is 7.00. The van der Waals surface area contributed by atoms with Gasteiger partial charge in [0.1, 0.15) is 0 Å². The molecule has 0 amide bonds. The van der Waals surface area contributed by atoms with Crippen molar-refractivity contribution in [3.05, 3.63) is 108 Å². The summed E-state index contributed by atoms with van der Waals surface area (Å²) in [7, 11) is 0. The van der Waals surface area contributed by atoms with Crippen LogP contribution in [0.3, 0.4) is 0 Å². The van der Waals surface area contributed by atoms with Crippen molar-refractivity contribution < 1.29 is 0 Å². The molecule has 0 radical (unpaired) electrons. The lowest BCUT2D eigenvalue weighted by Crippen LogP contribution is -2.64. The number of benzene rings is 6. The summed E-state index contributed by atoms with van der Waals surface area (Å²) in [6, 6.07) is 35.8. The monoisotopic (exact) mass is 620 g/mol. The van der Waals surface area contributed by atoms with Gasteiger partial charge in [0.15, 0.2) is 0 Å². The van der Waals surface area contributed by atoms with Crippen LogP contribution in [0.1, 0.15) is 77.0 Å². The van der Waals surface area contributed by atoms with Crippen LogP contribution in [0.15, 0.2) is 91.0 Å². The number of hydrogen-bond acceptors (Lipinski definition) is 1. The maximum absolute atomic E-state index is 2.86. The van der Waals surface area contributed by atoms with Crippen molar-refractivity contribution in [3.63, 3.8) is 0 Å². The smallest absolute Gasteiger partial charge is 0.252 e. The van der Waals surface area contributed by atoms with Crippen molar-refractivity contribution in [2.45, 2.75) is 83.6 Å². The van der Waals surface area contributed by atoms with Gasteiger partial charge in [-0.3, -0.25) is 0 Å². The van der Waals surface area contributed by atoms with Crippen LogP contribution in [0.25, 0.3) is 49.0 Å². The van der Waals surface area contributed by atoms with Crippen LogP contribution >= 0.6 is 0 Å². The fourth-order valence-electron chi connectivity index (χ4n) is 11.0. The summed E-state index contributed by atoms with van der Waals surface area (Å²) in [6.45, 7) is 14.8. The topological polar surface area (TPSA) is 8.17 Å². The molecule has 1 aromatic heterocycles. The van der Waals surface area contributed by atoms with Gasteiger partial charge in [0.2, 0.25) is 0 Å². The van der Waals surface area contributed by atoms with E-state index in [2.05, 4.69) is 142 Å². The molecular formula is C45H41BN2. The third kappa shape index (κ3) is 2.97. The summed E-state index contributed by atoms with van der Waals surface area (Å²) in [5.74, 6) is 0. The number of nitrogens with zero attached hydrogens (tertiary/aromatic N) is 2. The predicted octanol–water partition coefficient (Wildman–Crippen LogP) is 9.58. The fraction of sp³-hybridized carbons (Fsp3) is 0.289. The van der Waals surface area contributed by atoms with E-state index in [-0.39, 0.29) is 23.1 Å². The van der Waals surface area contributed by atoms with Gasteiger partial charge in [-0.15, -0.1) is 0 Å². The standard InChI is InChI=1S/C45H41BN2/c1-26-22-36-39-37(23-26)48-42-33(44(5)20-11-12-21-45(44,48)6)18-13-19-34(42)46(39)35-25-27(43(2,3)4)24-32-38-30-16-9-7-14-28(30)29-15-8-10-17-31(29)41(38)47(36)40(32)35/h7-10,13-19,22-25H,11-12,20-21H2,1-6H3. The summed E-state index contributed by atoms with van der Waals surface area (Å²) in [4.78, 5) is 2.86. The van der Waals surface area contributed by atoms with Crippen molar-refractivity contribution in [2.75, 3.05) is 4.90 Å². The van der Waals surface area contributed by atoms with E-state index in [1.54, 1.807) is 5.56 Å². The lowest BCUT2D eigenvalue weighted by molar-refractivity contribution is 0.195. The quantitative estimate of drug-likeness (QED) is 0.121. The molecule has 7 aromatic rings. The van der Waals surface area contributed by atoms with E-state index in [0.29, 0.717) is 0 Å². The highest BCUT2D eigenvalue weighted by atomic mass is 15.3. The van der Waals surface area contributed by atoms with Crippen LogP contribution in [0, 0.1) is 6.92 Å². The zero-order valence-corrected chi connectivity index (χ0v) is 29.0. The van der Waals surface area contributed by atoms with Crippen molar-refractivity contribution in [3.8, 4) is 5.69 Å². The second-order valence-electron chi connectivity index (χ2n) is 16.9. The summed E-state index contributed by atoms with van der Waals surface area (Å²) in [5, 5.41) is 8.15. The molecule has 4 heterocycles. The van der Waals surface area contributed by atoms with Gasteiger partial charge in [0, 0.05) is 44.2 Å². The van der Waals surface area contributed by atoms with E-state index < -0.39 is 0 Å². The van der Waals surface area contributed by atoms with Gasteiger partial charge in [0.25, 0.3) is 6.71 Å². The minimum atomic E-state index is 0.0113. The third-order valence-electron chi connectivity index (χ3n) is 13.5. The summed E-state index contributed by atoms with van der Waals surface area (Å²) < 4.78 is 2.71. The summed E-state index contributed by atoms with van der Waals surface area (Å²) in [6.07, 6.45) is 5.08. The first-order chi connectivity index (χ1) is 23.1. The first-order valence-electron chi connectivity index (χ1n) is 18.1. The number of para-hydroxylation sites is 1. The van der Waals surface area contributed by atoms with Crippen LogP contribution in [-0.4, -0.2) is 16.8 Å². The number of aromatic nitrogens is 1. The molecule has 2 nitrogen and oxygen atoms in total. The second kappa shape index (κ2) is 8.56. The highest BCUT2D eigenvalue weighted by Gasteiger charge is 2.61. The molecule has 2 atom stereocenters. The van der Waals surface area contributed by atoms with Crippen LogP contribution in [0.4, 0.5) is 11.4 Å². The zero-order valence-electron chi connectivity index (χ0n) is 29.0. The zero-order chi connectivity index (χ0) is 32.5. The molecule has 0 spiro atoms. The van der Waals surface area contributed by atoms with Gasteiger partial charge >= 0.3 is 0 Å². The van der Waals surface area contributed by atoms with Gasteiger partial charge < -0.3 is 9.47 Å². The maximum Gasteiger partial charge on any atom is 0.252 e. The van der Waals surface area contributed by atoms with Crippen LogP contribution in [0.2, 0.25) is 0 Å². The average Bonchev–Trinajstić information content (AvgIpc) is 3.53. The Bertz CT molecular complexity index is 2620. The van der Waals surface area contributed by atoms with E-state index in [9.17, 15) is 0 Å². The molecule has 1 fully saturated rings. The lowest BCUT2D eigenvalue weighted by atomic mass is 9.33. The third-order valence-corrected chi connectivity index (χ3v) is 13.5. The molecule has 0 bridgehead atoms. The van der Waals surface area contributed by atoms with Crippen LogP contribution in [0.5, 0.6) is 0 Å². The van der Waals surface area contributed by atoms with E-state index in [1.807, 2.05) is 0 Å². The number of hydrogen-bond donors (Lipinski definition) is 0. The minimum Gasteiger partial charge on any atom is -0.335 e. The van der Waals surface area contributed by atoms with Crippen LogP contribution < -0.4 is 21.3 Å². The number of anilines is 2. The van der Waals surface area contributed by atoms with Gasteiger partial charge in [-0.2, -0.15) is 0 Å². The van der Waals surface area contributed by atoms with Crippen molar-refractivity contribution in [2.24, 2.45) is 0 Å². The molecule has 234 valence electrons. The van der Waals surface area contributed by atoms with Gasteiger partial charge in [-0.25, -0.2) is 0 Å².